The highest BCUT2D eigenvalue weighted by atomic mass is 16.6. The summed E-state index contributed by atoms with van der Waals surface area (Å²) >= 11 is 0. The van der Waals surface area contributed by atoms with Crippen LogP contribution in [0.15, 0.2) is 18.3 Å². The largest absolute Gasteiger partial charge is 0.390 e. The molecule has 10 nitrogen and oxygen atoms in total. The van der Waals surface area contributed by atoms with E-state index < -0.39 is 11.0 Å². The van der Waals surface area contributed by atoms with E-state index in [2.05, 4.69) is 20.3 Å². The normalized spacial score (nSPS) is 17.3. The number of hydrogen-bond donors (Lipinski definition) is 2. The fourth-order valence-corrected chi connectivity index (χ4v) is 2.45. The lowest BCUT2D eigenvalue weighted by Gasteiger charge is -2.28. The van der Waals surface area contributed by atoms with Gasteiger partial charge in [-0.3, -0.25) is 4.90 Å². The number of morpholine rings is 1. The van der Waals surface area contributed by atoms with E-state index in [0.717, 1.165) is 17.6 Å². The molecule has 1 unspecified atom stereocenters. The highest BCUT2D eigenvalue weighted by Crippen LogP contribution is 2.14. The molecule has 0 bridgehead atoms. The van der Waals surface area contributed by atoms with Gasteiger partial charge < -0.3 is 25.3 Å². The van der Waals surface area contributed by atoms with Gasteiger partial charge in [0, 0.05) is 32.2 Å². The lowest BCUT2D eigenvalue weighted by Crippen LogP contribution is -2.42. The summed E-state index contributed by atoms with van der Waals surface area (Å²) in [6.45, 7) is 3.83. The summed E-state index contributed by atoms with van der Waals surface area (Å²) in [5, 5.41) is 28.1. The number of anilines is 1. The van der Waals surface area contributed by atoms with Crippen molar-refractivity contribution in [3.63, 3.8) is 0 Å². The number of rotatable bonds is 6. The zero-order valence-corrected chi connectivity index (χ0v) is 12.5. The quantitative estimate of drug-likeness (QED) is 0.552. The minimum absolute atomic E-state index is 0.197. The molecule has 3 rings (SSSR count). The minimum atomic E-state index is -0.566. The fraction of sp³-hybridized carbons (Fsp3) is 0.538. The third-order valence-corrected chi connectivity index (χ3v) is 3.62. The van der Waals surface area contributed by atoms with Crippen molar-refractivity contribution in [2.45, 2.75) is 6.10 Å². The van der Waals surface area contributed by atoms with Crippen molar-refractivity contribution in [3.8, 4) is 0 Å². The first-order valence-corrected chi connectivity index (χ1v) is 7.35. The molecular formula is C13H18N6O4. The summed E-state index contributed by atoms with van der Waals surface area (Å²) in [5.74, 6) is 0.247. The Bertz CT molecular complexity index is 684. The van der Waals surface area contributed by atoms with E-state index >= 15 is 0 Å². The Morgan fingerprint density at radius 2 is 2.22 bits per heavy atom. The van der Waals surface area contributed by atoms with E-state index in [1.54, 1.807) is 12.1 Å². The number of nitrogens with one attached hydrogen (secondary N) is 1. The Labute approximate surface area is 131 Å². The number of β-amino-alcohol motifs (C(OH)–C–C–N with tert-alkyl or cyclic N) is 1. The van der Waals surface area contributed by atoms with Crippen LogP contribution in [0.3, 0.4) is 0 Å². The summed E-state index contributed by atoms with van der Waals surface area (Å²) in [7, 11) is 0. The molecule has 124 valence electrons. The molecular weight excluding hydrogens is 304 g/mol. The van der Waals surface area contributed by atoms with E-state index in [0.29, 0.717) is 37.8 Å². The molecule has 1 aliphatic rings. The smallest absolute Gasteiger partial charge is 0.368 e. The molecule has 2 N–H and O–H groups in total. The van der Waals surface area contributed by atoms with Crippen LogP contribution >= 0.6 is 0 Å². The minimum Gasteiger partial charge on any atom is -0.390 e. The molecule has 0 amide bonds. The monoisotopic (exact) mass is 322 g/mol. The van der Waals surface area contributed by atoms with Gasteiger partial charge in [-0.2, -0.15) is 0 Å². The molecule has 1 saturated heterocycles. The van der Waals surface area contributed by atoms with Crippen molar-refractivity contribution in [1.82, 2.24) is 19.5 Å². The molecule has 2 aromatic rings. The number of aliphatic hydroxyl groups is 1. The van der Waals surface area contributed by atoms with Crippen molar-refractivity contribution in [2.24, 2.45) is 0 Å². The van der Waals surface area contributed by atoms with Gasteiger partial charge in [-0.25, -0.2) is 4.98 Å². The Kier molecular flexibility index (Phi) is 4.65. The number of aromatic nitrogens is 3. The van der Waals surface area contributed by atoms with E-state index in [4.69, 9.17) is 4.74 Å². The maximum atomic E-state index is 10.9. The van der Waals surface area contributed by atoms with Crippen LogP contribution in [0, 0.1) is 10.1 Å². The summed E-state index contributed by atoms with van der Waals surface area (Å²) < 4.78 is 6.43. The number of imidazole rings is 1. The molecule has 0 radical (unpaired) electrons. The van der Waals surface area contributed by atoms with Gasteiger partial charge in [0.1, 0.15) is 6.20 Å². The first kappa shape index (κ1) is 15.6. The number of nitrogens with zero attached hydrogens (tertiary/aromatic N) is 5. The lowest BCUT2D eigenvalue weighted by atomic mass is 10.3. The first-order valence-electron chi connectivity index (χ1n) is 7.35. The fourth-order valence-electron chi connectivity index (χ4n) is 2.45. The van der Waals surface area contributed by atoms with Gasteiger partial charge in [-0.1, -0.05) is 9.61 Å². The van der Waals surface area contributed by atoms with Gasteiger partial charge >= 0.3 is 5.82 Å². The Hall–Kier alpha value is -2.30. The van der Waals surface area contributed by atoms with Crippen LogP contribution in [0.5, 0.6) is 0 Å². The van der Waals surface area contributed by atoms with Crippen LogP contribution < -0.4 is 5.32 Å². The van der Waals surface area contributed by atoms with Crippen LogP contribution in [0.4, 0.5) is 11.6 Å². The standard InChI is InChI=1S/C13H18N6O4/c20-10(9-17-3-5-23-6-4-17)7-14-11-1-2-12-15-8-13(19(21)22)18(12)16-11/h1-2,8,10,20H,3-7,9H2,(H,14,16). The van der Waals surface area contributed by atoms with Crippen LogP contribution in [0.2, 0.25) is 0 Å². The predicted octanol–water partition coefficient (Wildman–Crippen LogP) is -0.258. The summed E-state index contributed by atoms with van der Waals surface area (Å²) in [6, 6.07) is 3.31. The van der Waals surface area contributed by atoms with Crippen LogP contribution in [0.1, 0.15) is 0 Å². The molecule has 10 heteroatoms. The topological polar surface area (TPSA) is 118 Å². The van der Waals surface area contributed by atoms with Crippen LogP contribution in [0.25, 0.3) is 5.65 Å². The average molecular weight is 322 g/mol. The number of aliphatic hydroxyl groups excluding tert-OH is 1. The molecule has 0 aliphatic carbocycles. The van der Waals surface area contributed by atoms with E-state index in [9.17, 15) is 15.2 Å². The molecule has 0 saturated carbocycles. The Morgan fingerprint density at radius 3 is 2.96 bits per heavy atom. The molecule has 0 spiro atoms. The second kappa shape index (κ2) is 6.86. The van der Waals surface area contributed by atoms with Crippen molar-refractivity contribution in [3.05, 3.63) is 28.4 Å². The molecule has 1 atom stereocenters. The predicted molar refractivity (Wildman–Crippen MR) is 81.4 cm³/mol. The highest BCUT2D eigenvalue weighted by Gasteiger charge is 2.17. The maximum Gasteiger partial charge on any atom is 0.368 e. The van der Waals surface area contributed by atoms with Gasteiger partial charge in [0.25, 0.3) is 0 Å². The molecule has 2 aromatic heterocycles. The maximum absolute atomic E-state index is 10.9. The Morgan fingerprint density at radius 1 is 1.43 bits per heavy atom. The van der Waals surface area contributed by atoms with Crippen molar-refractivity contribution < 1.29 is 14.8 Å². The molecule has 3 heterocycles. The first-order chi connectivity index (χ1) is 11.1. The van der Waals surface area contributed by atoms with E-state index in [1.807, 2.05) is 0 Å². The van der Waals surface area contributed by atoms with Gasteiger partial charge in [0.2, 0.25) is 5.65 Å². The van der Waals surface area contributed by atoms with Crippen molar-refractivity contribution in [1.29, 1.82) is 0 Å². The van der Waals surface area contributed by atoms with Crippen LogP contribution in [-0.2, 0) is 4.74 Å². The average Bonchev–Trinajstić information content (AvgIpc) is 2.97. The number of hydrogen-bond acceptors (Lipinski definition) is 8. The summed E-state index contributed by atoms with van der Waals surface area (Å²) in [4.78, 5) is 16.4. The summed E-state index contributed by atoms with van der Waals surface area (Å²) in [6.07, 6.45) is 0.600. The molecule has 1 fully saturated rings. The molecule has 23 heavy (non-hydrogen) atoms. The number of nitro groups is 1. The van der Waals surface area contributed by atoms with Gasteiger partial charge in [-0.05, 0) is 11.0 Å². The summed E-state index contributed by atoms with van der Waals surface area (Å²) in [5.41, 5.74) is 0.399. The van der Waals surface area contributed by atoms with Gasteiger partial charge in [-0.15, -0.1) is 0 Å². The van der Waals surface area contributed by atoms with Crippen molar-refractivity contribution >= 4 is 17.3 Å². The van der Waals surface area contributed by atoms with E-state index in [1.165, 1.54) is 6.20 Å². The highest BCUT2D eigenvalue weighted by molar-refractivity contribution is 5.48. The number of fused-ring (bicyclic) bond motifs is 1. The van der Waals surface area contributed by atoms with Gasteiger partial charge in [0.05, 0.1) is 19.3 Å². The second-order valence-corrected chi connectivity index (χ2v) is 5.31. The molecule has 1 aliphatic heterocycles. The number of ether oxygens (including phenoxy) is 1. The lowest BCUT2D eigenvalue weighted by molar-refractivity contribution is -0.391. The zero-order valence-electron chi connectivity index (χ0n) is 12.5. The third-order valence-electron chi connectivity index (χ3n) is 3.62. The van der Waals surface area contributed by atoms with Crippen molar-refractivity contribution in [2.75, 3.05) is 44.7 Å². The third kappa shape index (κ3) is 3.73. The zero-order chi connectivity index (χ0) is 16.2. The van der Waals surface area contributed by atoms with Gasteiger partial charge in [0.15, 0.2) is 5.82 Å². The van der Waals surface area contributed by atoms with E-state index in [-0.39, 0.29) is 5.82 Å². The SMILES string of the molecule is O=[N+]([O-])c1cnc2ccc(NCC(O)CN3CCOCC3)nn12. The molecule has 0 aromatic carbocycles. The Balaban J connectivity index is 1.60. The van der Waals surface area contributed by atoms with Crippen LogP contribution in [-0.4, -0.2) is 75.0 Å². The second-order valence-electron chi connectivity index (χ2n) is 5.31.